The number of nitrogens with one attached hydrogen (secondary N) is 4. The quantitative estimate of drug-likeness (QED) is 0.254. The van der Waals surface area contributed by atoms with Crippen molar-refractivity contribution in [3.63, 3.8) is 0 Å². The van der Waals surface area contributed by atoms with E-state index in [1.165, 1.54) is 16.2 Å². The molecule has 4 N–H and O–H groups in total. The number of alkyl halides is 6. The Kier molecular flexibility index (Phi) is 7.24. The Morgan fingerprint density at radius 2 is 1.39 bits per heavy atom. The molecule has 17 heteroatoms. The first-order chi connectivity index (χ1) is 17.7. The van der Waals surface area contributed by atoms with E-state index in [0.717, 1.165) is 17.7 Å². The Bertz CT molecular complexity index is 1290. The number of anilines is 2. The number of aryl methyl sites for hydroxylation is 1. The number of nitrogens with zero attached hydrogens (tertiary/aromatic N) is 6. The predicted octanol–water partition coefficient (Wildman–Crippen LogP) is 3.92. The molecule has 206 valence electrons. The second-order valence-corrected chi connectivity index (χ2v) is 9.88. The maximum atomic E-state index is 13.0. The summed E-state index contributed by atoms with van der Waals surface area (Å²) in [7, 11) is 0. The molecule has 2 aromatic heterocycles. The minimum Gasteiger partial charge on any atom is -0.347 e. The van der Waals surface area contributed by atoms with Crippen LogP contribution in [0.15, 0.2) is 6.07 Å². The van der Waals surface area contributed by atoms with Gasteiger partial charge in [-0.1, -0.05) is 13.3 Å². The molecule has 10 nitrogen and oxygen atoms in total. The highest BCUT2D eigenvalue weighted by atomic mass is 32.1. The molecule has 0 aromatic carbocycles. The van der Waals surface area contributed by atoms with E-state index in [1.807, 2.05) is 13.0 Å². The van der Waals surface area contributed by atoms with Crippen LogP contribution in [0.2, 0.25) is 0 Å². The lowest BCUT2D eigenvalue weighted by molar-refractivity contribution is -0.0678. The molecule has 4 rings (SSSR count). The van der Waals surface area contributed by atoms with Crippen LogP contribution in [-0.2, 0) is 6.42 Å². The van der Waals surface area contributed by atoms with E-state index in [0.29, 0.717) is 25.8 Å². The molecule has 2 aliphatic rings. The second-order valence-electron chi connectivity index (χ2n) is 8.76. The van der Waals surface area contributed by atoms with Crippen molar-refractivity contribution in [2.24, 2.45) is 0 Å². The fourth-order valence-corrected chi connectivity index (χ4v) is 5.37. The lowest BCUT2D eigenvalue weighted by Gasteiger charge is -2.38. The molecule has 0 spiro atoms. The highest BCUT2D eigenvalue weighted by Crippen LogP contribution is 2.35. The van der Waals surface area contributed by atoms with Gasteiger partial charge in [0.2, 0.25) is 17.6 Å². The van der Waals surface area contributed by atoms with E-state index in [9.17, 15) is 26.3 Å². The Balaban J connectivity index is 1.64. The summed E-state index contributed by atoms with van der Waals surface area (Å²) in [5.74, 6) is -3.60. The van der Waals surface area contributed by atoms with E-state index in [-0.39, 0.29) is 45.2 Å². The first-order valence-corrected chi connectivity index (χ1v) is 12.3. The lowest BCUT2D eigenvalue weighted by Crippen LogP contribution is -2.56. The van der Waals surface area contributed by atoms with Gasteiger partial charge in [0, 0.05) is 31.1 Å². The molecule has 0 bridgehead atoms. The normalized spacial score (nSPS) is 17.6. The Morgan fingerprint density at radius 3 is 1.89 bits per heavy atom. The van der Waals surface area contributed by atoms with E-state index in [4.69, 9.17) is 21.6 Å². The van der Waals surface area contributed by atoms with Gasteiger partial charge in [-0.2, -0.15) is 31.3 Å². The number of piperazine rings is 2. The molecule has 2 aliphatic heterocycles. The van der Waals surface area contributed by atoms with Crippen LogP contribution in [0.5, 0.6) is 0 Å². The van der Waals surface area contributed by atoms with Crippen molar-refractivity contribution in [1.29, 1.82) is 21.6 Å². The number of fused-ring (bicyclic) bond motifs is 1. The number of hydrogen-bond acceptors (Lipinski definition) is 9. The van der Waals surface area contributed by atoms with Crippen molar-refractivity contribution in [3.05, 3.63) is 10.9 Å². The molecule has 0 aliphatic carbocycles. The molecule has 0 amide bonds. The van der Waals surface area contributed by atoms with Gasteiger partial charge in [0.1, 0.15) is 22.3 Å². The molecule has 0 radical (unpaired) electrons. The maximum Gasteiger partial charge on any atom is 0.449 e. The van der Waals surface area contributed by atoms with Gasteiger partial charge in [-0.15, -0.1) is 11.3 Å². The van der Waals surface area contributed by atoms with Crippen LogP contribution in [0.25, 0.3) is 10.2 Å². The highest BCUT2D eigenvalue weighted by molar-refractivity contribution is 7.18. The van der Waals surface area contributed by atoms with Crippen LogP contribution in [0.1, 0.15) is 18.2 Å². The SMILES string of the molecule is CCCc1cc2c(N3CCN(C(=N)C(F)(F)F)C(=N)C3)nc(N3CCN(C(=N)C(F)(F)F)C(=N)C3)nc2s1. The van der Waals surface area contributed by atoms with Crippen LogP contribution in [0, 0.1) is 21.6 Å². The molecule has 0 unspecified atom stereocenters. The standard InChI is InChI=1S/C21H24F6N10S/c1-2-3-11-8-12-15(34-4-6-36(13(28)9-34)17(30)20(22,23)24)32-19(33-16(12)38-11)35-5-7-37(14(29)10-35)18(31)21(25,26)27/h8,28-31H,2-7,9-10H2,1H3. The van der Waals surface area contributed by atoms with Gasteiger partial charge in [-0.05, 0) is 12.5 Å². The van der Waals surface area contributed by atoms with Gasteiger partial charge < -0.3 is 19.6 Å². The van der Waals surface area contributed by atoms with E-state index in [2.05, 4.69) is 9.97 Å². The number of hydrogen-bond donors (Lipinski definition) is 4. The molecule has 4 heterocycles. The second kappa shape index (κ2) is 9.99. The zero-order chi connectivity index (χ0) is 28.0. The third-order valence-electron chi connectivity index (χ3n) is 6.09. The molecule has 2 saturated heterocycles. The van der Waals surface area contributed by atoms with E-state index >= 15 is 0 Å². The van der Waals surface area contributed by atoms with Crippen LogP contribution in [0.4, 0.5) is 38.1 Å². The number of halogens is 6. The average molecular weight is 563 g/mol. The molecule has 38 heavy (non-hydrogen) atoms. The number of amidine groups is 4. The van der Waals surface area contributed by atoms with Gasteiger partial charge >= 0.3 is 12.4 Å². The third-order valence-corrected chi connectivity index (χ3v) is 7.18. The lowest BCUT2D eigenvalue weighted by atomic mass is 10.2. The monoisotopic (exact) mass is 562 g/mol. The summed E-state index contributed by atoms with van der Waals surface area (Å²) in [5.41, 5.74) is 0. The van der Waals surface area contributed by atoms with Crippen molar-refractivity contribution in [2.75, 3.05) is 49.1 Å². The smallest absolute Gasteiger partial charge is 0.347 e. The summed E-state index contributed by atoms with van der Waals surface area (Å²) < 4.78 is 78.1. The van der Waals surface area contributed by atoms with Gasteiger partial charge in [0.25, 0.3) is 0 Å². The predicted molar refractivity (Wildman–Crippen MR) is 132 cm³/mol. The number of thiophene rings is 1. The Labute approximate surface area is 216 Å². The van der Waals surface area contributed by atoms with Crippen LogP contribution < -0.4 is 9.80 Å². The van der Waals surface area contributed by atoms with Crippen LogP contribution in [0.3, 0.4) is 0 Å². The zero-order valence-corrected chi connectivity index (χ0v) is 20.9. The molecule has 2 aromatic rings. The summed E-state index contributed by atoms with van der Waals surface area (Å²) >= 11 is 1.40. The van der Waals surface area contributed by atoms with E-state index in [1.54, 1.807) is 4.90 Å². The molecular formula is C21H24F6N10S. The maximum absolute atomic E-state index is 13.0. The minimum absolute atomic E-state index is 0.00528. The third kappa shape index (κ3) is 5.37. The summed E-state index contributed by atoms with van der Waals surface area (Å²) in [6.45, 7) is 0.999. The summed E-state index contributed by atoms with van der Waals surface area (Å²) in [5, 5.41) is 31.6. The van der Waals surface area contributed by atoms with Crippen molar-refractivity contribution < 1.29 is 26.3 Å². The summed E-state index contributed by atoms with van der Waals surface area (Å²) in [4.78, 5) is 15.1. The van der Waals surface area contributed by atoms with Crippen molar-refractivity contribution in [1.82, 2.24) is 19.8 Å². The molecule has 2 fully saturated rings. The van der Waals surface area contributed by atoms with Gasteiger partial charge in [-0.25, -0.2) is 4.98 Å². The number of rotatable bonds is 4. The average Bonchev–Trinajstić information content (AvgIpc) is 3.24. The van der Waals surface area contributed by atoms with Crippen LogP contribution >= 0.6 is 11.3 Å². The summed E-state index contributed by atoms with van der Waals surface area (Å²) in [6.07, 6.45) is -8.17. The largest absolute Gasteiger partial charge is 0.449 e. The van der Waals surface area contributed by atoms with E-state index < -0.39 is 35.7 Å². The molecule has 0 saturated carbocycles. The topological polar surface area (TPSA) is 134 Å². The van der Waals surface area contributed by atoms with Gasteiger partial charge in [0.05, 0.1) is 18.5 Å². The zero-order valence-electron chi connectivity index (χ0n) is 20.1. The van der Waals surface area contributed by atoms with Crippen molar-refractivity contribution >= 4 is 56.7 Å². The van der Waals surface area contributed by atoms with Crippen molar-refractivity contribution in [3.8, 4) is 0 Å². The summed E-state index contributed by atoms with van der Waals surface area (Å²) in [6, 6.07) is 1.89. The minimum atomic E-state index is -4.89. The number of aromatic nitrogens is 2. The molecular weight excluding hydrogens is 538 g/mol. The molecule has 0 atom stereocenters. The van der Waals surface area contributed by atoms with Crippen molar-refractivity contribution in [2.45, 2.75) is 32.1 Å². The highest BCUT2D eigenvalue weighted by Gasteiger charge is 2.43. The Morgan fingerprint density at radius 1 is 0.868 bits per heavy atom. The first-order valence-electron chi connectivity index (χ1n) is 11.5. The van der Waals surface area contributed by atoms with Crippen LogP contribution in [-0.4, -0.2) is 94.7 Å². The Hall–Kier alpha value is -3.50. The first kappa shape index (κ1) is 27.5. The van der Waals surface area contributed by atoms with Gasteiger partial charge in [0.15, 0.2) is 0 Å². The fourth-order valence-electron chi connectivity index (χ4n) is 4.25. The fraction of sp³-hybridized carbons (Fsp3) is 0.524. The van der Waals surface area contributed by atoms with Gasteiger partial charge in [-0.3, -0.25) is 21.6 Å².